The van der Waals surface area contributed by atoms with E-state index in [1.54, 1.807) is 6.92 Å². The summed E-state index contributed by atoms with van der Waals surface area (Å²) in [6.07, 6.45) is -2.71. The highest BCUT2D eigenvalue weighted by atomic mass is 28.4. The molecule has 4 amide bonds. The van der Waals surface area contributed by atoms with Crippen LogP contribution in [0, 0.1) is 0 Å². The summed E-state index contributed by atoms with van der Waals surface area (Å²) in [5, 5.41) is 20.2. The molecule has 15 nitrogen and oxygen atoms in total. The first-order valence-electron chi connectivity index (χ1n) is 17.2. The van der Waals surface area contributed by atoms with Crippen molar-refractivity contribution in [3.05, 3.63) is 0 Å². The largest absolute Gasteiger partial charge is 0.520 e. The van der Waals surface area contributed by atoms with Gasteiger partial charge in [-0.1, -0.05) is 26.6 Å². The van der Waals surface area contributed by atoms with Gasteiger partial charge in [-0.15, -0.1) is 0 Å². The molecule has 1 rings (SSSR count). The molecule has 0 saturated carbocycles. The van der Waals surface area contributed by atoms with Crippen LogP contribution in [0.5, 0.6) is 0 Å². The fourth-order valence-electron chi connectivity index (χ4n) is 5.05. The summed E-state index contributed by atoms with van der Waals surface area (Å²) in [4.78, 5) is 63.3. The number of nitrogens with one attached hydrogen (secondary N) is 3. The molecule has 1 saturated heterocycles. The summed E-state index contributed by atoms with van der Waals surface area (Å²) in [5.41, 5.74) is 3.65. The quantitative estimate of drug-likeness (QED) is 0.120. The first kappa shape index (κ1) is 46.0. The van der Waals surface area contributed by atoms with Gasteiger partial charge in [0.25, 0.3) is 5.97 Å². The van der Waals surface area contributed by atoms with Crippen molar-refractivity contribution in [3.8, 4) is 0 Å². The van der Waals surface area contributed by atoms with Crippen LogP contribution in [0.4, 0.5) is 0 Å². The van der Waals surface area contributed by atoms with E-state index < -0.39 is 105 Å². The predicted molar refractivity (Wildman–Crippen MR) is 200 cm³/mol. The third-order valence-corrected chi connectivity index (χ3v) is 13.0. The lowest BCUT2D eigenvalue weighted by atomic mass is 9.96. The lowest BCUT2D eigenvalue weighted by Crippen LogP contribution is -2.78. The van der Waals surface area contributed by atoms with Crippen LogP contribution < -0.4 is 21.7 Å². The van der Waals surface area contributed by atoms with Crippen molar-refractivity contribution in [2.75, 3.05) is 13.2 Å². The van der Waals surface area contributed by atoms with Crippen LogP contribution in [-0.4, -0.2) is 123 Å². The van der Waals surface area contributed by atoms with Crippen molar-refractivity contribution in [1.29, 1.82) is 0 Å². The van der Waals surface area contributed by atoms with E-state index in [0.29, 0.717) is 0 Å². The van der Waals surface area contributed by atoms with Gasteiger partial charge in [0.15, 0.2) is 22.0 Å². The minimum absolute atomic E-state index is 0.0656. The normalized spacial score (nSPS) is 24.5. The molecule has 1 aliphatic heterocycles. The van der Waals surface area contributed by atoms with E-state index in [0.717, 1.165) is 0 Å². The second-order valence-electron chi connectivity index (χ2n) is 16.8. The maximum absolute atomic E-state index is 13.3. The molecular weight excluding hydrogens is 717 g/mol. The van der Waals surface area contributed by atoms with Gasteiger partial charge < -0.3 is 49.5 Å². The molecule has 1 aliphatic rings. The number of carbonyl (C=O) groups is 5. The predicted octanol–water partition coefficient (Wildman–Crippen LogP) is 1.94. The van der Waals surface area contributed by atoms with Crippen molar-refractivity contribution >= 4 is 62.6 Å². The smallest absolute Gasteiger partial charge is 0.292 e. The molecule has 0 aromatic carbocycles. The molecule has 0 aromatic heterocycles. The summed E-state index contributed by atoms with van der Waals surface area (Å²) >= 11 is 0. The monoisotopic (exact) mass is 780 g/mol. The second kappa shape index (κ2) is 18.2. The number of primary amides is 1. The SMILES string of the molecule is CCC(=O)N[C@@H]1[C@@H](OCC(=O)NC(C)C(=O)NC(CCC(=O)O[Si](C)(C)C)C(N)=O)[C@H](O[Si](C)(C)C)[C@@H](CO[Si](C)(C)C)OC1(O)[Si](C)(C)C. The van der Waals surface area contributed by atoms with Gasteiger partial charge >= 0.3 is 0 Å². The highest BCUT2D eigenvalue weighted by Gasteiger charge is 2.61. The van der Waals surface area contributed by atoms with E-state index in [1.165, 1.54) is 6.92 Å². The second-order valence-corrected chi connectivity index (χ2v) is 35.4. The van der Waals surface area contributed by atoms with E-state index in [2.05, 4.69) is 16.0 Å². The maximum Gasteiger partial charge on any atom is 0.292 e. The van der Waals surface area contributed by atoms with Crippen LogP contribution in [0.15, 0.2) is 0 Å². The van der Waals surface area contributed by atoms with Crippen molar-refractivity contribution in [3.63, 3.8) is 0 Å². The van der Waals surface area contributed by atoms with Crippen LogP contribution in [0.2, 0.25) is 78.6 Å². The number of aliphatic hydroxyl groups is 1. The van der Waals surface area contributed by atoms with Gasteiger partial charge in [-0.3, -0.25) is 24.0 Å². The Hall–Kier alpha value is -1.98. The minimum Gasteiger partial charge on any atom is -0.520 e. The maximum atomic E-state index is 13.3. The Kier molecular flexibility index (Phi) is 16.7. The molecule has 19 heteroatoms. The molecule has 1 heterocycles. The highest BCUT2D eigenvalue weighted by molar-refractivity contribution is 6.78. The van der Waals surface area contributed by atoms with Crippen LogP contribution in [-0.2, 0) is 46.7 Å². The van der Waals surface area contributed by atoms with Gasteiger partial charge in [-0.05, 0) is 72.3 Å². The average Bonchev–Trinajstić information content (AvgIpc) is 2.92. The highest BCUT2D eigenvalue weighted by Crippen LogP contribution is 2.39. The van der Waals surface area contributed by atoms with Crippen molar-refractivity contribution < 1.29 is 51.8 Å². The average molecular weight is 781 g/mol. The molecule has 0 bridgehead atoms. The zero-order valence-corrected chi connectivity index (χ0v) is 36.6. The Bertz CT molecular complexity index is 1200. The number of ether oxygens (including phenoxy) is 2. The molecule has 290 valence electrons. The molecule has 50 heavy (non-hydrogen) atoms. The molecule has 0 aliphatic carbocycles. The van der Waals surface area contributed by atoms with E-state index in [-0.39, 0.29) is 31.8 Å². The van der Waals surface area contributed by atoms with E-state index >= 15 is 0 Å². The van der Waals surface area contributed by atoms with E-state index in [9.17, 15) is 29.1 Å². The van der Waals surface area contributed by atoms with Crippen LogP contribution in [0.3, 0.4) is 0 Å². The van der Waals surface area contributed by atoms with Gasteiger partial charge in [0.05, 0.1) is 6.61 Å². The van der Waals surface area contributed by atoms with E-state index in [4.69, 9.17) is 28.5 Å². The molecule has 0 radical (unpaired) electrons. The van der Waals surface area contributed by atoms with Crippen molar-refractivity contribution in [2.45, 2.75) is 154 Å². The molecule has 0 spiro atoms. The number of hydrogen-bond acceptors (Lipinski definition) is 11. The molecule has 7 atom stereocenters. The number of amides is 4. The van der Waals surface area contributed by atoms with Gasteiger partial charge in [0.2, 0.25) is 31.9 Å². The Morgan fingerprint density at radius 3 is 1.90 bits per heavy atom. The van der Waals surface area contributed by atoms with Gasteiger partial charge in [0.1, 0.15) is 51.1 Å². The van der Waals surface area contributed by atoms with Crippen LogP contribution >= 0.6 is 0 Å². The zero-order valence-electron chi connectivity index (χ0n) is 32.6. The first-order chi connectivity index (χ1) is 22.5. The number of rotatable bonds is 19. The number of hydrogen-bond donors (Lipinski definition) is 5. The molecule has 0 aromatic rings. The van der Waals surface area contributed by atoms with Gasteiger partial charge in [-0.25, -0.2) is 0 Å². The number of nitrogens with two attached hydrogens (primary N) is 1. The Balaban J connectivity index is 3.30. The minimum atomic E-state index is -2.69. The fraction of sp³-hybridized carbons (Fsp3) is 0.839. The molecule has 3 unspecified atom stereocenters. The summed E-state index contributed by atoms with van der Waals surface area (Å²) in [5.74, 6) is -3.04. The van der Waals surface area contributed by atoms with E-state index in [1.807, 2.05) is 78.6 Å². The Morgan fingerprint density at radius 1 is 0.860 bits per heavy atom. The lowest BCUT2D eigenvalue weighted by molar-refractivity contribution is -0.284. The van der Waals surface area contributed by atoms with Crippen LogP contribution in [0.1, 0.15) is 33.1 Å². The third kappa shape index (κ3) is 15.3. The molecule has 6 N–H and O–H groups in total. The Labute approximate surface area is 302 Å². The molecule has 1 fully saturated rings. The summed E-state index contributed by atoms with van der Waals surface area (Å²) in [7, 11) is -9.20. The standard InChI is InChI=1S/C31H64N4O11Si4/c1-15-23(36)35-28-27(26(46-50(12,13)14)22(18-43-48(6,7)8)44-31(28,41)47(3,4)5)42-19-24(37)33-20(2)30(40)34-21(29(32)39)16-17-25(38)45-49(9,10)11/h20-22,26-28,41H,15-19H2,1-14H3,(H2,32,39)(H,33,37)(H,34,40)(H,35,36)/t20?,21?,22-,26-,27+,28-,31?/m1/s1. The summed E-state index contributed by atoms with van der Waals surface area (Å²) < 4.78 is 31.0. The van der Waals surface area contributed by atoms with Gasteiger partial charge in [0, 0.05) is 12.8 Å². The lowest BCUT2D eigenvalue weighted by Gasteiger charge is -2.56. The Morgan fingerprint density at radius 2 is 1.44 bits per heavy atom. The van der Waals surface area contributed by atoms with Crippen molar-refractivity contribution in [1.82, 2.24) is 16.0 Å². The topological polar surface area (TPSA) is 214 Å². The number of carbonyl (C=O) groups excluding carboxylic acids is 5. The zero-order chi connectivity index (χ0) is 39.0. The summed E-state index contributed by atoms with van der Waals surface area (Å²) in [6, 6.07) is -3.37. The van der Waals surface area contributed by atoms with Crippen molar-refractivity contribution in [2.24, 2.45) is 5.73 Å². The van der Waals surface area contributed by atoms with Gasteiger partial charge in [-0.2, -0.15) is 0 Å². The molecular formula is C31H64N4O11Si4. The third-order valence-electron chi connectivity index (χ3n) is 7.55. The van der Waals surface area contributed by atoms with Crippen LogP contribution in [0.25, 0.3) is 0 Å². The fourth-order valence-corrected chi connectivity index (χ4v) is 9.28. The first-order valence-corrected chi connectivity index (χ1v) is 31.0. The summed E-state index contributed by atoms with van der Waals surface area (Å²) in [6.45, 7) is 26.0.